The molecule has 0 fully saturated rings. The molecule has 0 aliphatic carbocycles. The third kappa shape index (κ3) is 4.75. The van der Waals surface area contributed by atoms with Gasteiger partial charge in [-0.1, -0.05) is 30.3 Å². The minimum absolute atomic E-state index is 0.192. The van der Waals surface area contributed by atoms with Gasteiger partial charge in [0.2, 0.25) is 0 Å². The lowest BCUT2D eigenvalue weighted by molar-refractivity contribution is 0.0501. The summed E-state index contributed by atoms with van der Waals surface area (Å²) in [6.45, 7) is 7.35. The molecule has 0 radical (unpaired) electrons. The van der Waals surface area contributed by atoms with Crippen LogP contribution in [0, 0.1) is 0 Å². The molecule has 1 aromatic carbocycles. The van der Waals surface area contributed by atoms with Crippen molar-refractivity contribution in [3.63, 3.8) is 0 Å². The molecule has 1 amide bonds. The van der Waals surface area contributed by atoms with Crippen LogP contribution >= 0.6 is 0 Å². The second-order valence-electron chi connectivity index (χ2n) is 5.37. The van der Waals surface area contributed by atoms with Gasteiger partial charge >= 0.3 is 6.09 Å². The van der Waals surface area contributed by atoms with E-state index in [2.05, 4.69) is 5.32 Å². The number of alkyl carbamates (subject to hydrolysis) is 1. The van der Waals surface area contributed by atoms with Crippen molar-refractivity contribution >= 4 is 6.09 Å². The lowest BCUT2D eigenvalue weighted by Gasteiger charge is -2.25. The van der Waals surface area contributed by atoms with Gasteiger partial charge in [0.05, 0.1) is 0 Å². The molecule has 0 bridgehead atoms. The van der Waals surface area contributed by atoms with Gasteiger partial charge in [-0.3, -0.25) is 0 Å². The summed E-state index contributed by atoms with van der Waals surface area (Å²) in [5.74, 6) is 0. The maximum absolute atomic E-state index is 11.6. The molecule has 0 spiro atoms. The van der Waals surface area contributed by atoms with E-state index in [1.165, 1.54) is 0 Å². The standard InChI is InChI=1S/C14H22N2O2/c1-10(16-13(17)18-14(2,3)4)12(15)11-8-6-5-7-9-11/h5-10,12H,15H2,1-4H3,(H,16,17)/t10-,12+/m1/s1. The number of amides is 1. The summed E-state index contributed by atoms with van der Waals surface area (Å²) in [5, 5.41) is 2.75. The number of nitrogens with one attached hydrogen (secondary N) is 1. The maximum Gasteiger partial charge on any atom is 0.407 e. The predicted octanol–water partition coefficient (Wildman–Crippen LogP) is 2.60. The van der Waals surface area contributed by atoms with Crippen LogP contribution in [0.15, 0.2) is 30.3 Å². The average molecular weight is 250 g/mol. The van der Waals surface area contributed by atoms with Crippen molar-refractivity contribution in [2.24, 2.45) is 5.73 Å². The Morgan fingerprint density at radius 3 is 2.33 bits per heavy atom. The molecule has 0 heterocycles. The summed E-state index contributed by atoms with van der Waals surface area (Å²) >= 11 is 0. The molecule has 0 aromatic heterocycles. The molecule has 0 saturated carbocycles. The second-order valence-corrected chi connectivity index (χ2v) is 5.37. The Kier molecular flexibility index (Phi) is 4.73. The first-order chi connectivity index (χ1) is 8.29. The van der Waals surface area contributed by atoms with Crippen LogP contribution in [-0.2, 0) is 4.74 Å². The zero-order valence-electron chi connectivity index (χ0n) is 11.4. The molecule has 0 aliphatic rings. The molecule has 18 heavy (non-hydrogen) atoms. The fraction of sp³-hybridized carbons (Fsp3) is 0.500. The molecule has 1 aromatic rings. The first-order valence-electron chi connectivity index (χ1n) is 6.09. The Balaban J connectivity index is 2.55. The summed E-state index contributed by atoms with van der Waals surface area (Å²) in [4.78, 5) is 11.6. The number of carbonyl (C=O) groups is 1. The highest BCUT2D eigenvalue weighted by molar-refractivity contribution is 5.68. The molecule has 2 atom stereocenters. The van der Waals surface area contributed by atoms with Crippen LogP contribution in [-0.4, -0.2) is 17.7 Å². The largest absolute Gasteiger partial charge is 0.444 e. The van der Waals surface area contributed by atoms with Gasteiger partial charge in [-0.2, -0.15) is 0 Å². The zero-order valence-corrected chi connectivity index (χ0v) is 11.4. The van der Waals surface area contributed by atoms with Gasteiger partial charge in [0, 0.05) is 12.1 Å². The van der Waals surface area contributed by atoms with Crippen LogP contribution in [0.25, 0.3) is 0 Å². The van der Waals surface area contributed by atoms with E-state index in [0.29, 0.717) is 0 Å². The Bertz CT molecular complexity index is 385. The van der Waals surface area contributed by atoms with E-state index < -0.39 is 11.7 Å². The number of hydrogen-bond acceptors (Lipinski definition) is 3. The first-order valence-corrected chi connectivity index (χ1v) is 6.09. The molecule has 0 unspecified atom stereocenters. The third-order valence-electron chi connectivity index (χ3n) is 2.47. The number of ether oxygens (including phenoxy) is 1. The van der Waals surface area contributed by atoms with Crippen molar-refractivity contribution < 1.29 is 9.53 Å². The Labute approximate surface area is 109 Å². The number of hydrogen-bond donors (Lipinski definition) is 2. The summed E-state index contributed by atoms with van der Waals surface area (Å²) in [7, 11) is 0. The van der Waals surface area contributed by atoms with E-state index in [1.54, 1.807) is 0 Å². The minimum Gasteiger partial charge on any atom is -0.444 e. The van der Waals surface area contributed by atoms with Crippen LogP contribution in [0.4, 0.5) is 4.79 Å². The summed E-state index contributed by atoms with van der Waals surface area (Å²) in [5.41, 5.74) is 6.57. The molecule has 0 saturated heterocycles. The van der Waals surface area contributed by atoms with Crippen molar-refractivity contribution in [3.8, 4) is 0 Å². The van der Waals surface area contributed by atoms with Crippen molar-refractivity contribution in [2.45, 2.75) is 45.4 Å². The minimum atomic E-state index is -0.499. The predicted molar refractivity (Wildman–Crippen MR) is 72.2 cm³/mol. The van der Waals surface area contributed by atoms with Crippen molar-refractivity contribution in [3.05, 3.63) is 35.9 Å². The summed E-state index contributed by atoms with van der Waals surface area (Å²) < 4.78 is 5.19. The van der Waals surface area contributed by atoms with Gasteiger partial charge in [-0.25, -0.2) is 4.79 Å². The molecule has 4 heteroatoms. The molecule has 100 valence electrons. The first kappa shape index (κ1) is 14.5. The highest BCUT2D eigenvalue weighted by Gasteiger charge is 2.21. The number of benzene rings is 1. The zero-order chi connectivity index (χ0) is 13.8. The van der Waals surface area contributed by atoms with Crippen molar-refractivity contribution in [2.75, 3.05) is 0 Å². The van der Waals surface area contributed by atoms with Crippen LogP contribution in [0.5, 0.6) is 0 Å². The number of nitrogens with two attached hydrogens (primary N) is 1. The van der Waals surface area contributed by atoms with Gasteiger partial charge < -0.3 is 15.8 Å². The van der Waals surface area contributed by atoms with Crippen molar-refractivity contribution in [1.82, 2.24) is 5.32 Å². The second kappa shape index (κ2) is 5.87. The fourth-order valence-corrected chi connectivity index (χ4v) is 1.55. The fourth-order valence-electron chi connectivity index (χ4n) is 1.55. The SMILES string of the molecule is C[C@@H](NC(=O)OC(C)(C)C)[C@H](N)c1ccccc1. The molecular formula is C14H22N2O2. The van der Waals surface area contributed by atoms with Gasteiger partial charge in [-0.15, -0.1) is 0 Å². The van der Waals surface area contributed by atoms with Crippen molar-refractivity contribution in [1.29, 1.82) is 0 Å². The lowest BCUT2D eigenvalue weighted by atomic mass is 10.0. The lowest BCUT2D eigenvalue weighted by Crippen LogP contribution is -2.42. The quantitative estimate of drug-likeness (QED) is 0.866. The monoisotopic (exact) mass is 250 g/mol. The number of carbonyl (C=O) groups excluding carboxylic acids is 1. The molecular weight excluding hydrogens is 228 g/mol. The highest BCUT2D eigenvalue weighted by Crippen LogP contribution is 2.14. The molecule has 3 N–H and O–H groups in total. The van der Waals surface area contributed by atoms with Gasteiger partial charge in [0.1, 0.15) is 5.60 Å². The Morgan fingerprint density at radius 1 is 1.28 bits per heavy atom. The van der Waals surface area contributed by atoms with Gasteiger partial charge in [0.25, 0.3) is 0 Å². The van der Waals surface area contributed by atoms with Crippen LogP contribution in [0.3, 0.4) is 0 Å². The topological polar surface area (TPSA) is 64.3 Å². The summed E-state index contributed by atoms with van der Waals surface area (Å²) in [6, 6.07) is 9.23. The summed E-state index contributed by atoms with van der Waals surface area (Å²) in [6.07, 6.45) is -0.443. The normalized spacial score (nSPS) is 14.7. The number of rotatable bonds is 3. The maximum atomic E-state index is 11.6. The molecule has 1 rings (SSSR count). The Morgan fingerprint density at radius 2 is 1.83 bits per heavy atom. The van der Waals surface area contributed by atoms with Gasteiger partial charge in [0.15, 0.2) is 0 Å². The third-order valence-corrected chi connectivity index (χ3v) is 2.47. The van der Waals surface area contributed by atoms with E-state index in [9.17, 15) is 4.79 Å². The van der Waals surface area contributed by atoms with E-state index in [1.807, 2.05) is 58.0 Å². The van der Waals surface area contributed by atoms with Gasteiger partial charge in [-0.05, 0) is 33.3 Å². The smallest absolute Gasteiger partial charge is 0.407 e. The van der Waals surface area contributed by atoms with Crippen LogP contribution in [0.2, 0.25) is 0 Å². The average Bonchev–Trinajstić information content (AvgIpc) is 2.26. The van der Waals surface area contributed by atoms with Crippen LogP contribution < -0.4 is 11.1 Å². The van der Waals surface area contributed by atoms with E-state index in [0.717, 1.165) is 5.56 Å². The Hall–Kier alpha value is -1.55. The highest BCUT2D eigenvalue weighted by atomic mass is 16.6. The molecule has 0 aliphatic heterocycles. The molecule has 4 nitrogen and oxygen atoms in total. The van der Waals surface area contributed by atoms with E-state index in [4.69, 9.17) is 10.5 Å². The van der Waals surface area contributed by atoms with Crippen LogP contribution in [0.1, 0.15) is 39.3 Å². The van der Waals surface area contributed by atoms with E-state index >= 15 is 0 Å². The van der Waals surface area contributed by atoms with E-state index in [-0.39, 0.29) is 12.1 Å².